The molecule has 2 aliphatic heterocycles. The molecule has 0 saturated carbocycles. The Kier molecular flexibility index (Phi) is 7.55. The van der Waals surface area contributed by atoms with Crippen LogP contribution in [0.15, 0.2) is 36.4 Å². The van der Waals surface area contributed by atoms with Crippen LogP contribution in [-0.4, -0.2) is 76.2 Å². The number of methoxy groups -OCH3 is 2. The zero-order chi connectivity index (χ0) is 24.9. The van der Waals surface area contributed by atoms with E-state index in [-0.39, 0.29) is 12.7 Å². The maximum absolute atomic E-state index is 13.5. The molecule has 3 aromatic rings. The van der Waals surface area contributed by atoms with E-state index in [9.17, 15) is 4.79 Å². The normalized spacial score (nSPS) is 15.5. The van der Waals surface area contributed by atoms with Crippen LogP contribution >= 0.6 is 11.3 Å². The third-order valence-corrected chi connectivity index (χ3v) is 7.26. The largest absolute Gasteiger partial charge is 0.495 e. The molecule has 1 saturated heterocycles. The molecule has 2 aliphatic rings. The highest BCUT2D eigenvalue weighted by Crippen LogP contribution is 2.40. The number of carbonyl (C=O) groups is 1. The third kappa shape index (κ3) is 5.25. The molecule has 2 aromatic carbocycles. The van der Waals surface area contributed by atoms with E-state index in [0.29, 0.717) is 40.2 Å². The number of thiazole rings is 1. The average molecular weight is 512 g/mol. The maximum atomic E-state index is 13.5. The van der Waals surface area contributed by atoms with Crippen molar-refractivity contribution in [1.82, 2.24) is 9.88 Å². The number of fused-ring (bicyclic) bond motifs is 2. The van der Waals surface area contributed by atoms with E-state index in [1.54, 1.807) is 31.3 Å². The monoisotopic (exact) mass is 511 g/mol. The lowest BCUT2D eigenvalue weighted by Gasteiger charge is -2.27. The summed E-state index contributed by atoms with van der Waals surface area (Å²) in [5.41, 5.74) is 1.54. The highest BCUT2D eigenvalue weighted by molar-refractivity contribution is 7.22. The number of anilines is 1. The van der Waals surface area contributed by atoms with E-state index in [1.807, 2.05) is 30.3 Å². The van der Waals surface area contributed by atoms with Gasteiger partial charge in [-0.3, -0.25) is 14.6 Å². The molecular formula is C26H29N3O6S. The van der Waals surface area contributed by atoms with Gasteiger partial charge in [0, 0.05) is 32.3 Å². The Morgan fingerprint density at radius 2 is 1.89 bits per heavy atom. The van der Waals surface area contributed by atoms with Gasteiger partial charge in [-0.25, -0.2) is 4.98 Å². The minimum Gasteiger partial charge on any atom is -0.495 e. The number of aromatic nitrogens is 1. The first-order chi connectivity index (χ1) is 17.7. The van der Waals surface area contributed by atoms with Crippen LogP contribution in [0.1, 0.15) is 12.0 Å². The van der Waals surface area contributed by atoms with Crippen LogP contribution < -0.4 is 23.8 Å². The first kappa shape index (κ1) is 24.4. The molecule has 0 radical (unpaired) electrons. The number of amides is 1. The molecule has 1 aromatic heterocycles. The number of morpholine rings is 1. The number of hydrogen-bond acceptors (Lipinski definition) is 9. The van der Waals surface area contributed by atoms with Crippen molar-refractivity contribution in [3.05, 3.63) is 42.0 Å². The summed E-state index contributed by atoms with van der Waals surface area (Å²) >= 11 is 1.42. The summed E-state index contributed by atoms with van der Waals surface area (Å²) < 4.78 is 28.2. The molecule has 5 rings (SSSR count). The van der Waals surface area contributed by atoms with Gasteiger partial charge in [-0.05, 0) is 42.3 Å². The Labute approximate surface area is 213 Å². The van der Waals surface area contributed by atoms with Crippen molar-refractivity contribution in [2.75, 3.05) is 65.3 Å². The van der Waals surface area contributed by atoms with Crippen molar-refractivity contribution in [3.63, 3.8) is 0 Å². The lowest BCUT2D eigenvalue weighted by Crippen LogP contribution is -2.39. The van der Waals surface area contributed by atoms with E-state index >= 15 is 0 Å². The summed E-state index contributed by atoms with van der Waals surface area (Å²) in [6.07, 6.45) is 4.17. The fourth-order valence-corrected chi connectivity index (χ4v) is 5.35. The van der Waals surface area contributed by atoms with E-state index in [0.717, 1.165) is 49.5 Å². The lowest BCUT2D eigenvalue weighted by molar-refractivity contribution is -0.114. The topological polar surface area (TPSA) is 82.6 Å². The molecule has 36 heavy (non-hydrogen) atoms. The molecule has 0 bridgehead atoms. The lowest BCUT2D eigenvalue weighted by atomic mass is 10.2. The highest BCUT2D eigenvalue weighted by Gasteiger charge is 2.22. The van der Waals surface area contributed by atoms with Crippen molar-refractivity contribution in [3.8, 4) is 23.0 Å². The van der Waals surface area contributed by atoms with Gasteiger partial charge in [0.25, 0.3) is 5.91 Å². The van der Waals surface area contributed by atoms with Crippen LogP contribution in [0.2, 0.25) is 0 Å². The number of ether oxygens (including phenoxy) is 5. The summed E-state index contributed by atoms with van der Waals surface area (Å²) in [7, 11) is 3.24. The van der Waals surface area contributed by atoms with Crippen molar-refractivity contribution in [1.29, 1.82) is 0 Å². The SMILES string of the molecule is COc1ccc(OC)c2sc(N(CCCN3CCOCC3)C(=O)/C=C/c3ccc4c(c3)OCO4)nc12. The van der Waals surface area contributed by atoms with E-state index in [1.165, 1.54) is 11.3 Å². The van der Waals surface area contributed by atoms with Crippen LogP contribution in [0.4, 0.5) is 5.13 Å². The molecule has 9 nitrogen and oxygen atoms in total. The summed E-state index contributed by atoms with van der Waals surface area (Å²) in [6, 6.07) is 9.29. The summed E-state index contributed by atoms with van der Waals surface area (Å²) in [5, 5.41) is 0.607. The minimum absolute atomic E-state index is 0.147. The zero-order valence-electron chi connectivity index (χ0n) is 20.4. The smallest absolute Gasteiger partial charge is 0.252 e. The fraction of sp³-hybridized carbons (Fsp3) is 0.385. The van der Waals surface area contributed by atoms with Crippen LogP contribution in [0, 0.1) is 0 Å². The fourth-order valence-electron chi connectivity index (χ4n) is 4.24. The molecule has 1 fully saturated rings. The number of benzene rings is 2. The Hall–Kier alpha value is -3.34. The van der Waals surface area contributed by atoms with Gasteiger partial charge < -0.3 is 23.7 Å². The minimum atomic E-state index is -0.147. The van der Waals surface area contributed by atoms with Crippen LogP contribution in [0.3, 0.4) is 0 Å². The predicted molar refractivity (Wildman–Crippen MR) is 139 cm³/mol. The van der Waals surface area contributed by atoms with Gasteiger partial charge >= 0.3 is 0 Å². The van der Waals surface area contributed by atoms with E-state index in [4.69, 9.17) is 28.7 Å². The van der Waals surface area contributed by atoms with E-state index in [2.05, 4.69) is 4.90 Å². The molecule has 0 N–H and O–H groups in total. The Bertz CT molecular complexity index is 1210. The standard InChI is InChI=1S/C26H29N3O6S/c1-31-20-7-8-21(32-2)25-24(20)27-26(36-25)29(11-3-10-28-12-14-33-15-13-28)23(30)9-5-18-4-6-19-22(16-18)35-17-34-19/h4-9,16H,3,10-15,17H2,1-2H3/b9-5+. The van der Waals surface area contributed by atoms with Gasteiger partial charge in [0.1, 0.15) is 21.7 Å². The number of rotatable bonds is 9. The van der Waals surface area contributed by atoms with Crippen molar-refractivity contribution < 1.29 is 28.5 Å². The molecule has 3 heterocycles. The number of hydrogen-bond donors (Lipinski definition) is 0. The van der Waals surface area contributed by atoms with E-state index < -0.39 is 0 Å². The number of nitrogens with zero attached hydrogens (tertiary/aromatic N) is 3. The highest BCUT2D eigenvalue weighted by atomic mass is 32.1. The second-order valence-electron chi connectivity index (χ2n) is 8.39. The molecular weight excluding hydrogens is 482 g/mol. The first-order valence-corrected chi connectivity index (χ1v) is 12.7. The Morgan fingerprint density at radius 3 is 2.69 bits per heavy atom. The Morgan fingerprint density at radius 1 is 1.11 bits per heavy atom. The first-order valence-electron chi connectivity index (χ1n) is 11.9. The van der Waals surface area contributed by atoms with Crippen molar-refractivity contribution in [2.24, 2.45) is 0 Å². The van der Waals surface area contributed by atoms with Gasteiger partial charge in [-0.2, -0.15) is 0 Å². The Balaban J connectivity index is 1.40. The molecule has 0 spiro atoms. The second kappa shape index (κ2) is 11.2. The van der Waals surface area contributed by atoms with Gasteiger partial charge in [0.15, 0.2) is 16.6 Å². The molecule has 0 atom stereocenters. The van der Waals surface area contributed by atoms with Gasteiger partial charge in [-0.1, -0.05) is 17.4 Å². The molecule has 1 amide bonds. The van der Waals surface area contributed by atoms with Crippen molar-refractivity contribution >= 4 is 38.7 Å². The summed E-state index contributed by atoms with van der Waals surface area (Å²) in [5.74, 6) is 2.58. The molecule has 0 aliphatic carbocycles. The van der Waals surface area contributed by atoms with Crippen LogP contribution in [0.25, 0.3) is 16.3 Å². The predicted octanol–water partition coefficient (Wildman–Crippen LogP) is 3.81. The summed E-state index contributed by atoms with van der Waals surface area (Å²) in [4.78, 5) is 22.4. The number of carbonyl (C=O) groups excluding carboxylic acids is 1. The average Bonchev–Trinajstić information content (AvgIpc) is 3.57. The van der Waals surface area contributed by atoms with Crippen LogP contribution in [0.5, 0.6) is 23.0 Å². The maximum Gasteiger partial charge on any atom is 0.252 e. The second-order valence-corrected chi connectivity index (χ2v) is 9.37. The third-order valence-electron chi connectivity index (χ3n) is 6.17. The van der Waals surface area contributed by atoms with Crippen LogP contribution in [-0.2, 0) is 9.53 Å². The van der Waals surface area contributed by atoms with Gasteiger partial charge in [0.05, 0.1) is 27.4 Å². The van der Waals surface area contributed by atoms with Gasteiger partial charge in [0.2, 0.25) is 6.79 Å². The zero-order valence-corrected chi connectivity index (χ0v) is 21.2. The quantitative estimate of drug-likeness (QED) is 0.401. The van der Waals surface area contributed by atoms with Crippen molar-refractivity contribution in [2.45, 2.75) is 6.42 Å². The van der Waals surface area contributed by atoms with Gasteiger partial charge in [-0.15, -0.1) is 0 Å². The molecule has 0 unspecified atom stereocenters. The molecule has 10 heteroatoms. The molecule has 190 valence electrons. The summed E-state index contributed by atoms with van der Waals surface area (Å²) in [6.45, 7) is 4.95.